The highest BCUT2D eigenvalue weighted by Crippen LogP contribution is 2.21. The number of carbonyl (C=O) groups excluding carboxylic acids is 3. The van der Waals surface area contributed by atoms with E-state index < -0.39 is 35.6 Å². The third-order valence-electron chi connectivity index (χ3n) is 4.62. The van der Waals surface area contributed by atoms with Crippen LogP contribution in [0.1, 0.15) is 22.5 Å². The van der Waals surface area contributed by atoms with E-state index >= 15 is 0 Å². The molecule has 6 nitrogen and oxygen atoms in total. The minimum atomic E-state index is -1.68. The number of hydrogen-bond acceptors (Lipinski definition) is 4. The van der Waals surface area contributed by atoms with Crippen LogP contribution >= 0.6 is 11.3 Å². The molecule has 3 amide bonds. The predicted octanol–water partition coefficient (Wildman–Crippen LogP) is 2.77. The summed E-state index contributed by atoms with van der Waals surface area (Å²) in [5, 5.41) is 6.36. The molecule has 1 aliphatic heterocycles. The number of carbonyl (C=O) groups is 3. The molecule has 0 unspecified atom stereocenters. The second kappa shape index (κ2) is 9.08. The van der Waals surface area contributed by atoms with Crippen molar-refractivity contribution in [3.8, 4) is 0 Å². The van der Waals surface area contributed by atoms with E-state index in [-0.39, 0.29) is 17.7 Å². The number of anilines is 1. The van der Waals surface area contributed by atoms with Crippen molar-refractivity contribution in [3.05, 3.63) is 52.0 Å². The predicted molar refractivity (Wildman–Crippen MR) is 101 cm³/mol. The zero-order chi connectivity index (χ0) is 21.0. The zero-order valence-electron chi connectivity index (χ0n) is 15.2. The Hall–Kier alpha value is -2.88. The lowest BCUT2D eigenvalue weighted by molar-refractivity contribution is -0.128. The molecule has 2 N–H and O–H groups in total. The zero-order valence-corrected chi connectivity index (χ0v) is 16.0. The molecule has 1 aliphatic rings. The molecule has 1 aromatic heterocycles. The van der Waals surface area contributed by atoms with E-state index in [0.29, 0.717) is 36.9 Å². The lowest BCUT2D eigenvalue weighted by Crippen LogP contribution is -2.44. The molecule has 0 saturated carbocycles. The molecule has 1 aromatic carbocycles. The van der Waals surface area contributed by atoms with Gasteiger partial charge in [0.05, 0.1) is 17.1 Å². The fraction of sp³-hybridized carbons (Fsp3) is 0.316. The SMILES string of the molecule is O=C(CNC(=O)C1CCN(C(=O)c2cccs2)CC1)Nc1ccc(F)c(F)c1F. The Morgan fingerprint density at radius 1 is 1.07 bits per heavy atom. The fourth-order valence-corrected chi connectivity index (χ4v) is 3.72. The molecule has 0 bridgehead atoms. The summed E-state index contributed by atoms with van der Waals surface area (Å²) in [5.74, 6) is -6.09. The van der Waals surface area contributed by atoms with Crippen LogP contribution in [0.4, 0.5) is 18.9 Å². The van der Waals surface area contributed by atoms with Gasteiger partial charge in [0.1, 0.15) is 0 Å². The number of piperidine rings is 1. The number of halogens is 3. The number of thiophene rings is 1. The Bertz CT molecular complexity index is 913. The summed E-state index contributed by atoms with van der Waals surface area (Å²) in [7, 11) is 0. The molecule has 10 heteroatoms. The van der Waals surface area contributed by atoms with Gasteiger partial charge in [0, 0.05) is 19.0 Å². The topological polar surface area (TPSA) is 78.5 Å². The number of nitrogens with one attached hydrogen (secondary N) is 2. The second-order valence-corrected chi connectivity index (χ2v) is 7.48. The Kier molecular flexibility index (Phi) is 6.53. The van der Waals surface area contributed by atoms with Crippen LogP contribution in [0.5, 0.6) is 0 Å². The van der Waals surface area contributed by atoms with Gasteiger partial charge in [-0.15, -0.1) is 11.3 Å². The number of benzene rings is 1. The van der Waals surface area contributed by atoms with Gasteiger partial charge in [-0.3, -0.25) is 14.4 Å². The van der Waals surface area contributed by atoms with Crippen LogP contribution in [-0.2, 0) is 9.59 Å². The van der Waals surface area contributed by atoms with Gasteiger partial charge in [0.2, 0.25) is 11.8 Å². The van der Waals surface area contributed by atoms with Gasteiger partial charge in [-0.05, 0) is 36.4 Å². The van der Waals surface area contributed by atoms with Crippen LogP contribution in [0.15, 0.2) is 29.6 Å². The first-order valence-electron chi connectivity index (χ1n) is 8.90. The number of nitrogens with zero attached hydrogens (tertiary/aromatic N) is 1. The van der Waals surface area contributed by atoms with Crippen LogP contribution in [0.3, 0.4) is 0 Å². The van der Waals surface area contributed by atoms with Crippen molar-refractivity contribution in [2.75, 3.05) is 25.0 Å². The van der Waals surface area contributed by atoms with E-state index in [1.807, 2.05) is 5.38 Å². The van der Waals surface area contributed by atoms with Crippen LogP contribution in [0.2, 0.25) is 0 Å². The van der Waals surface area contributed by atoms with E-state index in [0.717, 1.165) is 6.07 Å². The Morgan fingerprint density at radius 3 is 2.45 bits per heavy atom. The standard InChI is InChI=1S/C19H18F3N3O3S/c20-12-3-4-13(17(22)16(12)21)24-15(26)10-23-18(27)11-5-7-25(8-6-11)19(28)14-2-1-9-29-14/h1-4,9,11H,5-8,10H2,(H,23,27)(H,24,26). The summed E-state index contributed by atoms with van der Waals surface area (Å²) in [6.07, 6.45) is 0.921. The monoisotopic (exact) mass is 425 g/mol. The van der Waals surface area contributed by atoms with Crippen LogP contribution in [-0.4, -0.2) is 42.3 Å². The Labute approximate surface area is 168 Å². The highest BCUT2D eigenvalue weighted by Gasteiger charge is 2.28. The van der Waals surface area contributed by atoms with E-state index in [4.69, 9.17) is 0 Å². The molecule has 3 rings (SSSR count). The lowest BCUT2D eigenvalue weighted by atomic mass is 9.96. The summed E-state index contributed by atoms with van der Waals surface area (Å²) >= 11 is 1.36. The van der Waals surface area contributed by atoms with Crippen molar-refractivity contribution in [1.82, 2.24) is 10.2 Å². The molecule has 0 aliphatic carbocycles. The van der Waals surface area contributed by atoms with Crippen LogP contribution in [0, 0.1) is 23.4 Å². The minimum Gasteiger partial charge on any atom is -0.347 e. The smallest absolute Gasteiger partial charge is 0.263 e. The number of amides is 3. The van der Waals surface area contributed by atoms with E-state index in [1.54, 1.807) is 17.0 Å². The molecule has 2 aromatic rings. The third kappa shape index (κ3) is 4.94. The third-order valence-corrected chi connectivity index (χ3v) is 5.48. The van der Waals surface area contributed by atoms with E-state index in [1.165, 1.54) is 11.3 Å². The molecular weight excluding hydrogens is 407 g/mol. The van der Waals surface area contributed by atoms with Crippen LogP contribution in [0.25, 0.3) is 0 Å². The first-order chi connectivity index (χ1) is 13.9. The highest BCUT2D eigenvalue weighted by atomic mass is 32.1. The molecule has 2 heterocycles. The molecule has 0 atom stereocenters. The van der Waals surface area contributed by atoms with Crippen molar-refractivity contribution in [2.24, 2.45) is 5.92 Å². The van der Waals surface area contributed by atoms with Crippen molar-refractivity contribution < 1.29 is 27.6 Å². The maximum atomic E-state index is 13.6. The first-order valence-corrected chi connectivity index (χ1v) is 9.78. The summed E-state index contributed by atoms with van der Waals surface area (Å²) < 4.78 is 39.7. The molecule has 0 spiro atoms. The van der Waals surface area contributed by atoms with Crippen molar-refractivity contribution in [3.63, 3.8) is 0 Å². The molecule has 29 heavy (non-hydrogen) atoms. The molecule has 1 saturated heterocycles. The highest BCUT2D eigenvalue weighted by molar-refractivity contribution is 7.12. The summed E-state index contributed by atoms with van der Waals surface area (Å²) in [4.78, 5) is 38.7. The first kappa shape index (κ1) is 20.8. The van der Waals surface area contributed by atoms with Gasteiger partial charge in [0.15, 0.2) is 17.5 Å². The van der Waals surface area contributed by atoms with Gasteiger partial charge < -0.3 is 15.5 Å². The summed E-state index contributed by atoms with van der Waals surface area (Å²) in [6, 6.07) is 5.14. The molecule has 0 radical (unpaired) electrons. The van der Waals surface area contributed by atoms with Gasteiger partial charge in [-0.1, -0.05) is 6.07 Å². The molecular formula is C19H18F3N3O3S. The maximum Gasteiger partial charge on any atom is 0.263 e. The van der Waals surface area contributed by atoms with E-state index in [2.05, 4.69) is 10.6 Å². The van der Waals surface area contributed by atoms with Crippen molar-refractivity contribution >= 4 is 34.7 Å². The number of rotatable bonds is 5. The van der Waals surface area contributed by atoms with Gasteiger partial charge in [0.25, 0.3) is 5.91 Å². The van der Waals surface area contributed by atoms with Gasteiger partial charge >= 0.3 is 0 Å². The largest absolute Gasteiger partial charge is 0.347 e. The van der Waals surface area contributed by atoms with Crippen molar-refractivity contribution in [2.45, 2.75) is 12.8 Å². The average Bonchev–Trinajstić information content (AvgIpc) is 3.27. The van der Waals surface area contributed by atoms with Crippen LogP contribution < -0.4 is 10.6 Å². The molecule has 154 valence electrons. The number of likely N-dealkylation sites (tertiary alicyclic amines) is 1. The van der Waals surface area contributed by atoms with E-state index in [9.17, 15) is 27.6 Å². The normalized spacial score (nSPS) is 14.5. The van der Waals surface area contributed by atoms with Gasteiger partial charge in [-0.25, -0.2) is 13.2 Å². The molecule has 1 fully saturated rings. The number of hydrogen-bond donors (Lipinski definition) is 2. The summed E-state index contributed by atoms with van der Waals surface area (Å²) in [6.45, 7) is 0.424. The second-order valence-electron chi connectivity index (χ2n) is 6.53. The lowest BCUT2D eigenvalue weighted by Gasteiger charge is -2.31. The maximum absolute atomic E-state index is 13.6. The quantitative estimate of drug-likeness (QED) is 0.724. The summed E-state index contributed by atoms with van der Waals surface area (Å²) in [5.41, 5.74) is -0.511. The fourth-order valence-electron chi connectivity index (χ4n) is 3.03. The van der Waals surface area contributed by atoms with Gasteiger partial charge in [-0.2, -0.15) is 0 Å². The Balaban J connectivity index is 1.45. The Morgan fingerprint density at radius 2 is 1.79 bits per heavy atom. The van der Waals surface area contributed by atoms with Crippen molar-refractivity contribution in [1.29, 1.82) is 0 Å². The minimum absolute atomic E-state index is 0.0632. The average molecular weight is 425 g/mol.